The van der Waals surface area contributed by atoms with Gasteiger partial charge in [0.2, 0.25) is 5.09 Å². The van der Waals surface area contributed by atoms with E-state index in [4.69, 9.17) is 10.1 Å². The summed E-state index contributed by atoms with van der Waals surface area (Å²) in [5.74, 6) is 0. The van der Waals surface area contributed by atoms with Gasteiger partial charge in [0.25, 0.3) is 0 Å². The standard InChI is InChI=1S/C11H13NOS/c1-13-11-7-3-8-2-4-9(12)5-6-10(8)14-11/h3,12H,2,4-6H2,1H3. The second kappa shape index (κ2) is 4.07. The number of ether oxygens (including phenoxy) is 1. The van der Waals surface area contributed by atoms with Gasteiger partial charge in [-0.3, -0.25) is 0 Å². The molecular weight excluding hydrogens is 194 g/mol. The maximum Gasteiger partial charge on any atom is 0.201 e. The smallest absolute Gasteiger partial charge is 0.201 e. The molecule has 0 spiro atoms. The normalized spacial score (nSPS) is 21.5. The Morgan fingerprint density at radius 3 is 2.93 bits per heavy atom. The van der Waals surface area contributed by atoms with Crippen LogP contribution in [0, 0.1) is 5.41 Å². The van der Waals surface area contributed by atoms with E-state index in [-0.39, 0.29) is 0 Å². The van der Waals surface area contributed by atoms with Gasteiger partial charge in [-0.15, -0.1) is 0 Å². The molecular formula is C11H13NOS. The molecule has 0 aromatic carbocycles. The lowest BCUT2D eigenvalue weighted by atomic mass is 10.1. The van der Waals surface area contributed by atoms with Crippen molar-refractivity contribution < 1.29 is 4.74 Å². The fourth-order valence-electron chi connectivity index (χ4n) is 1.63. The minimum atomic E-state index is 0.845. The van der Waals surface area contributed by atoms with Crippen molar-refractivity contribution in [3.8, 4) is 0 Å². The summed E-state index contributed by atoms with van der Waals surface area (Å²) in [4.78, 5) is 1.36. The van der Waals surface area contributed by atoms with Crippen LogP contribution in [0.3, 0.4) is 0 Å². The summed E-state index contributed by atoms with van der Waals surface area (Å²) in [6.45, 7) is 0. The molecule has 2 aliphatic rings. The van der Waals surface area contributed by atoms with E-state index in [2.05, 4.69) is 5.73 Å². The van der Waals surface area contributed by atoms with Gasteiger partial charge in [0, 0.05) is 5.71 Å². The van der Waals surface area contributed by atoms with Gasteiger partial charge in [0.05, 0.1) is 7.11 Å². The van der Waals surface area contributed by atoms with E-state index < -0.39 is 0 Å². The van der Waals surface area contributed by atoms with E-state index in [0.717, 1.165) is 36.5 Å². The number of allylic oxidation sites excluding steroid dienone is 3. The Kier molecular flexibility index (Phi) is 2.80. The highest BCUT2D eigenvalue weighted by molar-refractivity contribution is 8.06. The van der Waals surface area contributed by atoms with Crippen molar-refractivity contribution in [3.05, 3.63) is 27.4 Å². The Balaban J connectivity index is 2.19. The highest BCUT2D eigenvalue weighted by Crippen LogP contribution is 2.38. The Morgan fingerprint density at radius 1 is 1.36 bits per heavy atom. The molecule has 1 aliphatic carbocycles. The number of methoxy groups -OCH3 is 1. The van der Waals surface area contributed by atoms with E-state index in [9.17, 15) is 0 Å². The second-order valence-electron chi connectivity index (χ2n) is 3.43. The molecule has 0 unspecified atom stereocenters. The third-order valence-electron chi connectivity index (χ3n) is 2.47. The van der Waals surface area contributed by atoms with Gasteiger partial charge in [0.15, 0.2) is 0 Å². The molecule has 14 heavy (non-hydrogen) atoms. The van der Waals surface area contributed by atoms with Gasteiger partial charge in [-0.25, -0.2) is 0 Å². The summed E-state index contributed by atoms with van der Waals surface area (Å²) in [6.07, 6.45) is 5.80. The fourth-order valence-corrected chi connectivity index (χ4v) is 2.55. The van der Waals surface area contributed by atoms with Gasteiger partial charge < -0.3 is 10.1 Å². The first-order valence-corrected chi connectivity index (χ1v) is 5.58. The van der Waals surface area contributed by atoms with Crippen LogP contribution < -0.4 is 0 Å². The first-order chi connectivity index (χ1) is 6.79. The number of hydrogen-bond donors (Lipinski definition) is 1. The van der Waals surface area contributed by atoms with Crippen molar-refractivity contribution in [1.29, 1.82) is 5.41 Å². The molecule has 0 fully saturated rings. The highest BCUT2D eigenvalue weighted by atomic mass is 32.2. The Hall–Kier alpha value is -0.920. The lowest BCUT2D eigenvalue weighted by molar-refractivity contribution is 0.325. The van der Waals surface area contributed by atoms with Crippen molar-refractivity contribution in [2.24, 2.45) is 0 Å². The van der Waals surface area contributed by atoms with E-state index in [1.165, 1.54) is 10.5 Å². The molecule has 3 heteroatoms. The first-order valence-electron chi connectivity index (χ1n) is 4.76. The highest BCUT2D eigenvalue weighted by Gasteiger charge is 2.17. The fraction of sp³-hybridized carbons (Fsp3) is 0.455. The number of hydrogen-bond acceptors (Lipinski definition) is 3. The maximum atomic E-state index is 7.67. The number of nitrogens with one attached hydrogen (secondary N) is 1. The van der Waals surface area contributed by atoms with Gasteiger partial charge in [-0.05, 0) is 54.0 Å². The Bertz CT molecular complexity index is 361. The van der Waals surface area contributed by atoms with Crippen LogP contribution in [0.4, 0.5) is 0 Å². The zero-order chi connectivity index (χ0) is 9.97. The molecule has 0 aromatic heterocycles. The molecule has 1 N–H and O–H groups in total. The van der Waals surface area contributed by atoms with E-state index >= 15 is 0 Å². The third-order valence-corrected chi connectivity index (χ3v) is 3.66. The molecule has 0 saturated carbocycles. The maximum absolute atomic E-state index is 7.67. The molecule has 0 aromatic rings. The second-order valence-corrected chi connectivity index (χ2v) is 4.50. The zero-order valence-corrected chi connectivity index (χ0v) is 9.04. The molecule has 0 saturated heterocycles. The van der Waals surface area contributed by atoms with Crippen molar-refractivity contribution in [2.75, 3.05) is 7.11 Å². The molecule has 0 radical (unpaired) electrons. The summed E-state index contributed by atoms with van der Waals surface area (Å²) in [5, 5.41) is 8.51. The van der Waals surface area contributed by atoms with E-state index in [1.54, 1.807) is 18.9 Å². The van der Waals surface area contributed by atoms with Crippen molar-refractivity contribution >= 4 is 17.5 Å². The average Bonchev–Trinajstić information content (AvgIpc) is 2.40. The van der Waals surface area contributed by atoms with Gasteiger partial charge in [0.1, 0.15) is 0 Å². The van der Waals surface area contributed by atoms with Crippen molar-refractivity contribution in [2.45, 2.75) is 25.7 Å². The summed E-state index contributed by atoms with van der Waals surface area (Å²) in [7, 11) is 1.67. The van der Waals surface area contributed by atoms with E-state index in [0.29, 0.717) is 0 Å². The average molecular weight is 207 g/mol. The summed E-state index contributed by atoms with van der Waals surface area (Å²) in [6, 6.07) is 0. The number of thioether (sulfide) groups is 1. The first kappa shape index (κ1) is 9.63. The van der Waals surface area contributed by atoms with Crippen LogP contribution in [0.2, 0.25) is 0 Å². The molecule has 2 nitrogen and oxygen atoms in total. The van der Waals surface area contributed by atoms with Gasteiger partial charge in [-0.2, -0.15) is 0 Å². The van der Waals surface area contributed by atoms with Crippen LogP contribution in [-0.4, -0.2) is 12.8 Å². The quantitative estimate of drug-likeness (QED) is 0.670. The summed E-state index contributed by atoms with van der Waals surface area (Å²) in [5.41, 5.74) is 5.33. The molecule has 1 aliphatic heterocycles. The Labute approximate surface area is 88.2 Å². The minimum Gasteiger partial charge on any atom is -0.484 e. The topological polar surface area (TPSA) is 33.1 Å². The lowest BCUT2D eigenvalue weighted by Gasteiger charge is -2.12. The molecule has 0 amide bonds. The molecule has 0 bridgehead atoms. The molecule has 1 heterocycles. The Morgan fingerprint density at radius 2 is 2.14 bits per heavy atom. The van der Waals surface area contributed by atoms with E-state index in [1.807, 2.05) is 6.08 Å². The largest absolute Gasteiger partial charge is 0.484 e. The van der Waals surface area contributed by atoms with Crippen LogP contribution in [-0.2, 0) is 4.74 Å². The molecule has 74 valence electrons. The van der Waals surface area contributed by atoms with Crippen LogP contribution in [0.15, 0.2) is 27.4 Å². The van der Waals surface area contributed by atoms with Crippen LogP contribution in [0.1, 0.15) is 25.7 Å². The zero-order valence-electron chi connectivity index (χ0n) is 8.22. The lowest BCUT2D eigenvalue weighted by Crippen LogP contribution is -1.92. The van der Waals surface area contributed by atoms with Crippen LogP contribution in [0.25, 0.3) is 0 Å². The number of rotatable bonds is 1. The van der Waals surface area contributed by atoms with Crippen LogP contribution >= 0.6 is 11.8 Å². The monoisotopic (exact) mass is 207 g/mol. The SMILES string of the molecule is COC1=C=CC2=C(CCC(=N)CC2)S1. The van der Waals surface area contributed by atoms with Crippen molar-refractivity contribution in [1.82, 2.24) is 0 Å². The third kappa shape index (κ3) is 1.94. The minimum absolute atomic E-state index is 0.845. The molecule has 0 atom stereocenters. The summed E-state index contributed by atoms with van der Waals surface area (Å²) >= 11 is 1.67. The van der Waals surface area contributed by atoms with Gasteiger partial charge in [-0.1, -0.05) is 5.73 Å². The van der Waals surface area contributed by atoms with Crippen LogP contribution in [0.5, 0.6) is 0 Å². The predicted octanol–water partition coefficient (Wildman–Crippen LogP) is 3.22. The van der Waals surface area contributed by atoms with Crippen molar-refractivity contribution in [3.63, 3.8) is 0 Å². The van der Waals surface area contributed by atoms with Gasteiger partial charge >= 0.3 is 0 Å². The predicted molar refractivity (Wildman–Crippen MR) is 59.4 cm³/mol. The summed E-state index contributed by atoms with van der Waals surface area (Å²) < 4.78 is 5.16. The molecule has 2 rings (SSSR count).